The third kappa shape index (κ3) is 3.07. The zero-order valence-electron chi connectivity index (χ0n) is 19.5. The van der Waals surface area contributed by atoms with Crippen molar-refractivity contribution in [1.82, 2.24) is 13.7 Å². The normalized spacial score (nSPS) is 17.2. The molecule has 33 heavy (non-hydrogen) atoms. The van der Waals surface area contributed by atoms with Crippen LogP contribution in [0.5, 0.6) is 5.75 Å². The van der Waals surface area contributed by atoms with E-state index in [2.05, 4.69) is 18.4 Å². The first kappa shape index (κ1) is 21.3. The van der Waals surface area contributed by atoms with Crippen molar-refractivity contribution in [2.45, 2.75) is 25.5 Å². The van der Waals surface area contributed by atoms with Gasteiger partial charge in [0.15, 0.2) is 0 Å². The molecule has 1 atom stereocenters. The van der Waals surface area contributed by atoms with E-state index in [1.165, 1.54) is 11.6 Å². The van der Waals surface area contributed by atoms with Crippen molar-refractivity contribution in [2.75, 3.05) is 13.7 Å². The Bertz CT molecular complexity index is 1490. The van der Waals surface area contributed by atoms with Crippen LogP contribution in [0.1, 0.15) is 31.2 Å². The van der Waals surface area contributed by atoms with Crippen LogP contribution in [0.25, 0.3) is 22.2 Å². The summed E-state index contributed by atoms with van der Waals surface area (Å²) in [6.45, 7) is 4.62. The van der Waals surface area contributed by atoms with Gasteiger partial charge >= 0.3 is 5.69 Å². The van der Waals surface area contributed by atoms with Gasteiger partial charge in [0.2, 0.25) is 0 Å². The summed E-state index contributed by atoms with van der Waals surface area (Å²) in [7, 11) is 4.86. The van der Waals surface area contributed by atoms with Crippen LogP contribution in [0.4, 0.5) is 0 Å². The first-order valence-corrected chi connectivity index (χ1v) is 10.9. The van der Waals surface area contributed by atoms with Crippen molar-refractivity contribution in [3.05, 3.63) is 86.7 Å². The minimum atomic E-state index is -0.467. The Kier molecular flexibility index (Phi) is 4.83. The number of ether oxygens (including phenoxy) is 2. The number of hydrogen-bond acceptors (Lipinski definition) is 4. The van der Waals surface area contributed by atoms with E-state index in [-0.39, 0.29) is 11.2 Å². The standard InChI is InChI=1S/C26H27N3O4/c1-26(2)15-33-23(17-12-9-13-18(14-17)32-5)22-21-19(24(30)28(4)25(31)27(21)3)20(29(22)26)16-10-7-6-8-11-16/h6-14,23H,15H2,1-5H3/t23-/m0/s1. The van der Waals surface area contributed by atoms with Crippen molar-refractivity contribution in [1.29, 1.82) is 0 Å². The predicted molar refractivity (Wildman–Crippen MR) is 128 cm³/mol. The third-order valence-corrected chi connectivity index (χ3v) is 6.51. The van der Waals surface area contributed by atoms with Crippen molar-refractivity contribution < 1.29 is 9.47 Å². The number of aromatic nitrogens is 3. The van der Waals surface area contributed by atoms with Crippen LogP contribution in [-0.2, 0) is 24.4 Å². The molecule has 5 rings (SSSR count). The summed E-state index contributed by atoms with van der Waals surface area (Å²) in [5.74, 6) is 0.719. The molecule has 170 valence electrons. The van der Waals surface area contributed by atoms with Gasteiger partial charge < -0.3 is 14.0 Å². The molecule has 2 aromatic heterocycles. The van der Waals surface area contributed by atoms with Gasteiger partial charge in [0, 0.05) is 14.1 Å². The molecule has 0 aliphatic carbocycles. The Balaban J connectivity index is 1.99. The van der Waals surface area contributed by atoms with E-state index in [1.54, 1.807) is 18.7 Å². The quantitative estimate of drug-likeness (QED) is 0.484. The molecule has 1 aliphatic heterocycles. The van der Waals surface area contributed by atoms with Crippen LogP contribution in [0.15, 0.2) is 64.2 Å². The van der Waals surface area contributed by atoms with E-state index >= 15 is 0 Å². The Morgan fingerprint density at radius 3 is 2.42 bits per heavy atom. The lowest BCUT2D eigenvalue weighted by atomic mass is 9.98. The van der Waals surface area contributed by atoms with Gasteiger partial charge in [0.05, 0.1) is 41.5 Å². The topological polar surface area (TPSA) is 67.4 Å². The molecule has 0 spiro atoms. The Labute approximate surface area is 191 Å². The van der Waals surface area contributed by atoms with Crippen LogP contribution < -0.4 is 16.0 Å². The second kappa shape index (κ2) is 7.49. The summed E-state index contributed by atoms with van der Waals surface area (Å²) in [5.41, 5.74) is 2.89. The SMILES string of the molecule is COc1cccc([C@@H]2OCC(C)(C)n3c(-c4ccccc4)c4c(=O)n(C)c(=O)n(C)c4c32)c1. The molecule has 0 unspecified atom stereocenters. The molecule has 4 aromatic rings. The highest BCUT2D eigenvalue weighted by Gasteiger charge is 2.40. The molecule has 0 bridgehead atoms. The van der Waals surface area contributed by atoms with Crippen LogP contribution >= 0.6 is 0 Å². The van der Waals surface area contributed by atoms with Crippen molar-refractivity contribution >= 4 is 10.9 Å². The maximum atomic E-state index is 13.5. The van der Waals surface area contributed by atoms with Gasteiger partial charge in [-0.2, -0.15) is 0 Å². The fourth-order valence-corrected chi connectivity index (χ4v) is 4.92. The fourth-order valence-electron chi connectivity index (χ4n) is 4.92. The van der Waals surface area contributed by atoms with Gasteiger partial charge in [-0.05, 0) is 37.1 Å². The lowest BCUT2D eigenvalue weighted by molar-refractivity contribution is -0.00714. The number of methoxy groups -OCH3 is 1. The molecule has 0 fully saturated rings. The predicted octanol–water partition coefficient (Wildman–Crippen LogP) is 3.57. The molecular weight excluding hydrogens is 418 g/mol. The molecule has 7 nitrogen and oxygen atoms in total. The van der Waals surface area contributed by atoms with E-state index in [4.69, 9.17) is 9.47 Å². The van der Waals surface area contributed by atoms with Gasteiger partial charge in [0.25, 0.3) is 5.56 Å². The largest absolute Gasteiger partial charge is 0.497 e. The Morgan fingerprint density at radius 1 is 1.00 bits per heavy atom. The number of fused-ring (bicyclic) bond motifs is 3. The molecule has 0 saturated carbocycles. The summed E-state index contributed by atoms with van der Waals surface area (Å²) < 4.78 is 16.8. The van der Waals surface area contributed by atoms with Crippen molar-refractivity contribution in [3.8, 4) is 17.0 Å². The maximum absolute atomic E-state index is 13.5. The molecule has 0 N–H and O–H groups in total. The monoisotopic (exact) mass is 445 g/mol. The summed E-state index contributed by atoms with van der Waals surface area (Å²) >= 11 is 0. The molecule has 3 heterocycles. The second-order valence-corrected chi connectivity index (χ2v) is 9.14. The summed E-state index contributed by atoms with van der Waals surface area (Å²) in [5, 5.41) is 0.521. The summed E-state index contributed by atoms with van der Waals surface area (Å²) in [6.07, 6.45) is -0.467. The Morgan fingerprint density at radius 2 is 1.73 bits per heavy atom. The van der Waals surface area contributed by atoms with Crippen molar-refractivity contribution in [2.24, 2.45) is 14.1 Å². The second-order valence-electron chi connectivity index (χ2n) is 9.14. The molecule has 0 amide bonds. The molecular formula is C26H27N3O4. The van der Waals surface area contributed by atoms with Crippen LogP contribution in [0.3, 0.4) is 0 Å². The van der Waals surface area contributed by atoms with Crippen LogP contribution in [0, 0.1) is 0 Å². The fraction of sp³-hybridized carbons (Fsp3) is 0.308. The first-order valence-electron chi connectivity index (χ1n) is 10.9. The van der Waals surface area contributed by atoms with Gasteiger partial charge in [-0.15, -0.1) is 0 Å². The number of nitrogens with zero attached hydrogens (tertiary/aromatic N) is 3. The van der Waals surface area contributed by atoms with E-state index in [1.807, 2.05) is 54.6 Å². The van der Waals surface area contributed by atoms with Gasteiger partial charge in [-0.3, -0.25) is 13.9 Å². The molecule has 1 aliphatic rings. The average molecular weight is 446 g/mol. The highest BCUT2D eigenvalue weighted by molar-refractivity contribution is 5.96. The van der Waals surface area contributed by atoms with Gasteiger partial charge in [-0.25, -0.2) is 4.79 Å². The zero-order chi connectivity index (χ0) is 23.5. The zero-order valence-corrected chi connectivity index (χ0v) is 19.5. The highest BCUT2D eigenvalue weighted by Crippen LogP contribution is 2.45. The van der Waals surface area contributed by atoms with Gasteiger partial charge in [0.1, 0.15) is 11.9 Å². The van der Waals surface area contributed by atoms with Crippen LogP contribution in [-0.4, -0.2) is 27.4 Å². The van der Waals surface area contributed by atoms with E-state index < -0.39 is 11.6 Å². The third-order valence-electron chi connectivity index (χ3n) is 6.51. The number of benzene rings is 2. The summed E-state index contributed by atoms with van der Waals surface area (Å²) in [4.78, 5) is 26.5. The lowest BCUT2D eigenvalue weighted by Crippen LogP contribution is -2.40. The lowest BCUT2D eigenvalue weighted by Gasteiger charge is -2.39. The van der Waals surface area contributed by atoms with Crippen LogP contribution in [0.2, 0.25) is 0 Å². The maximum Gasteiger partial charge on any atom is 0.331 e. The number of rotatable bonds is 3. The van der Waals surface area contributed by atoms with E-state index in [0.717, 1.165) is 28.3 Å². The first-order chi connectivity index (χ1) is 15.8. The number of aryl methyl sites for hydroxylation is 1. The summed E-state index contributed by atoms with van der Waals surface area (Å²) in [6, 6.07) is 17.6. The smallest absolute Gasteiger partial charge is 0.331 e. The molecule has 7 heteroatoms. The number of hydrogen-bond donors (Lipinski definition) is 0. The minimum absolute atomic E-state index is 0.311. The molecule has 0 saturated heterocycles. The molecule has 0 radical (unpaired) electrons. The van der Waals surface area contributed by atoms with E-state index in [9.17, 15) is 9.59 Å². The highest BCUT2D eigenvalue weighted by atomic mass is 16.5. The Hall–Kier alpha value is -3.58. The molecule has 2 aromatic carbocycles. The van der Waals surface area contributed by atoms with Gasteiger partial charge in [-0.1, -0.05) is 42.5 Å². The minimum Gasteiger partial charge on any atom is -0.497 e. The average Bonchev–Trinajstić information content (AvgIpc) is 3.20. The van der Waals surface area contributed by atoms with Crippen molar-refractivity contribution in [3.63, 3.8) is 0 Å². The van der Waals surface area contributed by atoms with E-state index in [0.29, 0.717) is 17.5 Å².